The van der Waals surface area contributed by atoms with E-state index < -0.39 is 27.5 Å². The van der Waals surface area contributed by atoms with Gasteiger partial charge < -0.3 is 15.5 Å². The molecule has 6 nitrogen and oxygen atoms in total. The molecule has 0 atom stereocenters. The highest BCUT2D eigenvalue weighted by molar-refractivity contribution is 7.89. The Bertz CT molecular complexity index is 969. The molecule has 0 unspecified atom stereocenters. The summed E-state index contributed by atoms with van der Waals surface area (Å²) < 4.78 is 63.6. The lowest BCUT2D eigenvalue weighted by Crippen LogP contribution is -2.31. The normalized spacial score (nSPS) is 15.7. The molecule has 4 N–H and O–H groups in total. The van der Waals surface area contributed by atoms with Crippen molar-refractivity contribution in [2.45, 2.75) is 11.3 Å². The standard InChI is InChI=1S/C17H19F3N4O2S/c18-12-3-5-15(17(20)16(12)19)24-7-1-6-23(8-9-24)14-4-2-11(10-13(14)21)27(22,25)26/h2-5,10H,1,6-9,21H2,(H2,22,25,26). The number of hydrogen-bond acceptors (Lipinski definition) is 5. The fourth-order valence-corrected chi connectivity index (χ4v) is 3.71. The summed E-state index contributed by atoms with van der Waals surface area (Å²) in [4.78, 5) is 3.50. The first-order chi connectivity index (χ1) is 12.7. The van der Waals surface area contributed by atoms with Crippen LogP contribution in [0.1, 0.15) is 6.42 Å². The van der Waals surface area contributed by atoms with E-state index in [1.54, 1.807) is 11.0 Å². The van der Waals surface area contributed by atoms with Gasteiger partial charge in [-0.2, -0.15) is 0 Å². The van der Waals surface area contributed by atoms with Gasteiger partial charge in [-0.05, 0) is 36.8 Å². The number of nitrogens with zero attached hydrogens (tertiary/aromatic N) is 2. The quantitative estimate of drug-likeness (QED) is 0.608. The van der Waals surface area contributed by atoms with Gasteiger partial charge in [-0.25, -0.2) is 26.7 Å². The van der Waals surface area contributed by atoms with Crippen LogP contribution in [0.15, 0.2) is 35.2 Å². The topological polar surface area (TPSA) is 92.7 Å². The second kappa shape index (κ2) is 7.28. The molecule has 2 aromatic rings. The van der Waals surface area contributed by atoms with E-state index in [-0.39, 0.29) is 16.3 Å². The van der Waals surface area contributed by atoms with Crippen molar-refractivity contribution in [2.24, 2.45) is 5.14 Å². The molecule has 10 heteroatoms. The highest BCUT2D eigenvalue weighted by Crippen LogP contribution is 2.29. The molecule has 0 spiro atoms. The van der Waals surface area contributed by atoms with Crippen molar-refractivity contribution < 1.29 is 21.6 Å². The van der Waals surface area contributed by atoms with Gasteiger partial charge in [0.25, 0.3) is 0 Å². The van der Waals surface area contributed by atoms with E-state index in [9.17, 15) is 21.6 Å². The molecule has 0 aliphatic carbocycles. The van der Waals surface area contributed by atoms with Gasteiger partial charge in [-0.15, -0.1) is 0 Å². The average Bonchev–Trinajstić information content (AvgIpc) is 2.85. The van der Waals surface area contributed by atoms with E-state index in [4.69, 9.17) is 10.9 Å². The van der Waals surface area contributed by atoms with E-state index in [2.05, 4.69) is 0 Å². The molecular weight excluding hydrogens is 381 g/mol. The van der Waals surface area contributed by atoms with Crippen LogP contribution in [0.5, 0.6) is 0 Å². The monoisotopic (exact) mass is 400 g/mol. The molecule has 1 aliphatic heterocycles. The molecule has 3 rings (SSSR count). The maximum absolute atomic E-state index is 14.1. The number of rotatable bonds is 3. The van der Waals surface area contributed by atoms with Crippen LogP contribution in [0.2, 0.25) is 0 Å². The summed E-state index contributed by atoms with van der Waals surface area (Å²) in [6, 6.07) is 6.36. The van der Waals surface area contributed by atoms with Crippen LogP contribution < -0.4 is 20.7 Å². The number of hydrogen-bond donors (Lipinski definition) is 2. The number of halogens is 3. The number of nitrogen functional groups attached to an aromatic ring is 1. The van der Waals surface area contributed by atoms with Crippen LogP contribution in [0.4, 0.5) is 30.2 Å². The van der Waals surface area contributed by atoms with Crippen LogP contribution in [0.25, 0.3) is 0 Å². The minimum absolute atomic E-state index is 0.00768. The van der Waals surface area contributed by atoms with Crippen molar-refractivity contribution in [2.75, 3.05) is 41.7 Å². The van der Waals surface area contributed by atoms with Crippen molar-refractivity contribution in [3.05, 3.63) is 47.8 Å². The van der Waals surface area contributed by atoms with Crippen molar-refractivity contribution in [1.29, 1.82) is 0 Å². The van der Waals surface area contributed by atoms with Gasteiger partial charge in [-0.3, -0.25) is 0 Å². The average molecular weight is 400 g/mol. The summed E-state index contributed by atoms with van der Waals surface area (Å²) in [5, 5.41) is 5.10. The van der Waals surface area contributed by atoms with Crippen molar-refractivity contribution >= 4 is 27.1 Å². The zero-order valence-electron chi connectivity index (χ0n) is 14.3. The smallest absolute Gasteiger partial charge is 0.238 e. The molecule has 1 saturated heterocycles. The van der Waals surface area contributed by atoms with Gasteiger partial charge in [-0.1, -0.05) is 0 Å². The lowest BCUT2D eigenvalue weighted by Gasteiger charge is -2.26. The third-order valence-corrected chi connectivity index (χ3v) is 5.43. The first-order valence-electron chi connectivity index (χ1n) is 8.24. The number of benzene rings is 2. The van der Waals surface area contributed by atoms with Crippen LogP contribution in [-0.2, 0) is 10.0 Å². The largest absolute Gasteiger partial charge is 0.397 e. The molecule has 0 radical (unpaired) electrons. The summed E-state index contributed by atoms with van der Waals surface area (Å²) in [7, 11) is -3.85. The number of anilines is 3. The van der Waals surface area contributed by atoms with E-state index in [1.807, 2.05) is 4.90 Å². The Hall–Kier alpha value is -2.46. The Morgan fingerprint density at radius 1 is 0.852 bits per heavy atom. The molecule has 2 aromatic carbocycles. The fraction of sp³-hybridized carbons (Fsp3) is 0.294. The highest BCUT2D eigenvalue weighted by atomic mass is 32.2. The molecule has 0 saturated carbocycles. The maximum atomic E-state index is 14.1. The molecular formula is C17H19F3N4O2S. The van der Waals surface area contributed by atoms with Crippen LogP contribution >= 0.6 is 0 Å². The summed E-state index contributed by atoms with van der Waals surface area (Å²) in [5.41, 5.74) is 6.88. The Morgan fingerprint density at radius 2 is 1.44 bits per heavy atom. The zero-order valence-corrected chi connectivity index (χ0v) is 15.1. The van der Waals surface area contributed by atoms with Crippen LogP contribution in [0.3, 0.4) is 0 Å². The third kappa shape index (κ3) is 3.96. The summed E-state index contributed by atoms with van der Waals surface area (Å²) in [6.45, 7) is 1.84. The lowest BCUT2D eigenvalue weighted by molar-refractivity contribution is 0.446. The minimum atomic E-state index is -3.85. The second-order valence-corrected chi connectivity index (χ2v) is 7.85. The Labute approximate surface area is 155 Å². The summed E-state index contributed by atoms with van der Waals surface area (Å²) in [5.74, 6) is -3.92. The van der Waals surface area contributed by atoms with E-state index in [1.165, 1.54) is 18.2 Å². The first kappa shape index (κ1) is 19.3. The summed E-state index contributed by atoms with van der Waals surface area (Å²) in [6.07, 6.45) is 0.620. The van der Waals surface area contributed by atoms with Crippen molar-refractivity contribution in [1.82, 2.24) is 0 Å². The van der Waals surface area contributed by atoms with E-state index >= 15 is 0 Å². The SMILES string of the molecule is Nc1cc(S(N)(=O)=O)ccc1N1CCCN(c2ccc(F)c(F)c2F)CC1. The van der Waals surface area contributed by atoms with Gasteiger partial charge in [0, 0.05) is 26.2 Å². The van der Waals surface area contributed by atoms with Gasteiger partial charge in [0.1, 0.15) is 0 Å². The van der Waals surface area contributed by atoms with E-state index in [0.717, 1.165) is 6.07 Å². The third-order valence-electron chi connectivity index (χ3n) is 4.52. The number of nitrogens with two attached hydrogens (primary N) is 2. The molecule has 0 aromatic heterocycles. The second-order valence-electron chi connectivity index (χ2n) is 6.29. The van der Waals surface area contributed by atoms with Gasteiger partial charge in [0.2, 0.25) is 10.0 Å². The molecule has 0 bridgehead atoms. The van der Waals surface area contributed by atoms with Gasteiger partial charge in [0.05, 0.1) is 22.0 Å². The predicted octanol–water partition coefficient (Wildman–Crippen LogP) is 2.05. The molecule has 27 heavy (non-hydrogen) atoms. The Morgan fingerprint density at radius 3 is 2.04 bits per heavy atom. The summed E-state index contributed by atoms with van der Waals surface area (Å²) >= 11 is 0. The zero-order chi connectivity index (χ0) is 19.8. The Kier molecular flexibility index (Phi) is 5.20. The lowest BCUT2D eigenvalue weighted by atomic mass is 10.2. The van der Waals surface area contributed by atoms with Gasteiger partial charge in [0.15, 0.2) is 17.5 Å². The minimum Gasteiger partial charge on any atom is -0.397 e. The number of primary sulfonamides is 1. The van der Waals surface area contributed by atoms with Crippen molar-refractivity contribution in [3.8, 4) is 0 Å². The van der Waals surface area contributed by atoms with Crippen LogP contribution in [0, 0.1) is 17.5 Å². The van der Waals surface area contributed by atoms with Crippen LogP contribution in [-0.4, -0.2) is 34.6 Å². The molecule has 1 aliphatic rings. The Balaban J connectivity index is 1.81. The predicted molar refractivity (Wildman–Crippen MR) is 97.6 cm³/mol. The maximum Gasteiger partial charge on any atom is 0.238 e. The molecule has 1 fully saturated rings. The highest BCUT2D eigenvalue weighted by Gasteiger charge is 2.22. The first-order valence-corrected chi connectivity index (χ1v) is 9.79. The fourth-order valence-electron chi connectivity index (χ4n) is 3.16. The molecule has 0 amide bonds. The molecule has 1 heterocycles. The van der Waals surface area contributed by atoms with Crippen molar-refractivity contribution in [3.63, 3.8) is 0 Å². The number of sulfonamides is 1. The molecule has 146 valence electrons. The van der Waals surface area contributed by atoms with E-state index in [0.29, 0.717) is 38.3 Å². The van der Waals surface area contributed by atoms with Gasteiger partial charge >= 0.3 is 0 Å².